The van der Waals surface area contributed by atoms with E-state index < -0.39 is 23.0 Å². The third kappa shape index (κ3) is 2.12. The summed E-state index contributed by atoms with van der Waals surface area (Å²) in [5.41, 5.74) is -0.129. The summed E-state index contributed by atoms with van der Waals surface area (Å²) in [5.74, 6) is -1.94. The molecule has 14 heavy (non-hydrogen) atoms. The van der Waals surface area contributed by atoms with Gasteiger partial charge >= 0.3 is 0 Å². The van der Waals surface area contributed by atoms with Gasteiger partial charge in [0.2, 0.25) is 0 Å². The van der Waals surface area contributed by atoms with Gasteiger partial charge < -0.3 is 0 Å². The van der Waals surface area contributed by atoms with E-state index in [9.17, 15) is 13.6 Å². The molecule has 0 aliphatic rings. The van der Waals surface area contributed by atoms with E-state index in [-0.39, 0.29) is 11.3 Å². The van der Waals surface area contributed by atoms with Crippen LogP contribution in [0.4, 0.5) is 8.78 Å². The number of benzene rings is 1. The SMILES string of the molecule is CSCC(=O)c1c(F)ccc(C)c1F. The van der Waals surface area contributed by atoms with Crippen LogP contribution in [-0.4, -0.2) is 17.8 Å². The fraction of sp³-hybridized carbons (Fsp3) is 0.300. The van der Waals surface area contributed by atoms with E-state index in [0.29, 0.717) is 0 Å². The Hall–Kier alpha value is -0.900. The summed E-state index contributed by atoms with van der Waals surface area (Å²) in [4.78, 5) is 11.3. The lowest BCUT2D eigenvalue weighted by Crippen LogP contribution is -2.09. The number of thioether (sulfide) groups is 1. The number of carbonyl (C=O) groups excluding carboxylic acids is 1. The van der Waals surface area contributed by atoms with Gasteiger partial charge in [-0.05, 0) is 24.8 Å². The first-order chi connectivity index (χ1) is 6.57. The van der Waals surface area contributed by atoms with Gasteiger partial charge in [0.15, 0.2) is 5.78 Å². The molecule has 0 saturated carbocycles. The molecular formula is C10H10F2OS. The minimum absolute atomic E-state index is 0.0945. The van der Waals surface area contributed by atoms with E-state index >= 15 is 0 Å². The van der Waals surface area contributed by atoms with Crippen molar-refractivity contribution in [2.45, 2.75) is 6.92 Å². The third-order valence-electron chi connectivity index (χ3n) is 1.84. The Morgan fingerprint density at radius 1 is 1.43 bits per heavy atom. The van der Waals surface area contributed by atoms with Crippen molar-refractivity contribution >= 4 is 17.5 Å². The minimum atomic E-state index is -0.785. The number of ketones is 1. The molecule has 0 bridgehead atoms. The topological polar surface area (TPSA) is 17.1 Å². The molecule has 1 nitrogen and oxygen atoms in total. The highest BCUT2D eigenvalue weighted by Gasteiger charge is 2.17. The highest BCUT2D eigenvalue weighted by Crippen LogP contribution is 2.17. The number of halogens is 2. The molecule has 76 valence electrons. The zero-order valence-corrected chi connectivity index (χ0v) is 8.75. The quantitative estimate of drug-likeness (QED) is 0.723. The van der Waals surface area contributed by atoms with Gasteiger partial charge in [-0.25, -0.2) is 8.78 Å². The molecule has 0 saturated heterocycles. The smallest absolute Gasteiger partial charge is 0.178 e. The summed E-state index contributed by atoms with van der Waals surface area (Å²) in [6, 6.07) is 2.44. The summed E-state index contributed by atoms with van der Waals surface area (Å²) in [5, 5.41) is 0. The van der Waals surface area contributed by atoms with Crippen molar-refractivity contribution in [1.82, 2.24) is 0 Å². The van der Waals surface area contributed by atoms with Crippen LogP contribution in [0.5, 0.6) is 0 Å². The van der Waals surface area contributed by atoms with Crippen molar-refractivity contribution in [3.8, 4) is 0 Å². The van der Waals surface area contributed by atoms with Gasteiger partial charge in [0.1, 0.15) is 11.6 Å². The van der Waals surface area contributed by atoms with Crippen molar-refractivity contribution < 1.29 is 13.6 Å². The first-order valence-electron chi connectivity index (χ1n) is 4.04. The Morgan fingerprint density at radius 3 is 2.64 bits per heavy atom. The average molecular weight is 216 g/mol. The van der Waals surface area contributed by atoms with E-state index in [2.05, 4.69) is 0 Å². The molecule has 0 aliphatic heterocycles. The van der Waals surface area contributed by atoms with E-state index in [1.54, 1.807) is 6.26 Å². The molecule has 0 amide bonds. The standard InChI is InChI=1S/C10H10F2OS/c1-6-3-4-7(11)9(10(6)12)8(13)5-14-2/h3-4H,5H2,1-2H3. The lowest BCUT2D eigenvalue weighted by Gasteiger charge is -2.04. The molecule has 0 fully saturated rings. The molecule has 1 aromatic rings. The first kappa shape index (κ1) is 11.2. The van der Waals surface area contributed by atoms with Gasteiger partial charge in [-0.1, -0.05) is 6.07 Å². The van der Waals surface area contributed by atoms with Crippen molar-refractivity contribution in [2.24, 2.45) is 0 Å². The number of carbonyl (C=O) groups is 1. The average Bonchev–Trinajstić information content (AvgIpc) is 2.13. The zero-order chi connectivity index (χ0) is 10.7. The van der Waals surface area contributed by atoms with E-state index in [1.807, 2.05) is 0 Å². The Balaban J connectivity index is 3.18. The lowest BCUT2D eigenvalue weighted by atomic mass is 10.1. The van der Waals surface area contributed by atoms with Gasteiger partial charge in [-0.15, -0.1) is 0 Å². The Kier molecular flexibility index (Phi) is 3.63. The first-order valence-corrected chi connectivity index (χ1v) is 5.44. The van der Waals surface area contributed by atoms with Crippen LogP contribution in [0.1, 0.15) is 15.9 Å². The molecule has 0 radical (unpaired) electrons. The van der Waals surface area contributed by atoms with Crippen molar-refractivity contribution in [1.29, 1.82) is 0 Å². The van der Waals surface area contributed by atoms with Crippen molar-refractivity contribution in [2.75, 3.05) is 12.0 Å². The highest BCUT2D eigenvalue weighted by atomic mass is 32.2. The Bertz CT molecular complexity index is 363. The van der Waals surface area contributed by atoms with Crippen LogP contribution in [0.3, 0.4) is 0 Å². The van der Waals surface area contributed by atoms with Crippen LogP contribution < -0.4 is 0 Å². The van der Waals surface area contributed by atoms with Gasteiger partial charge in [0.05, 0.1) is 11.3 Å². The molecule has 1 aromatic carbocycles. The summed E-state index contributed by atoms with van der Waals surface area (Å²) >= 11 is 1.24. The number of Topliss-reactive ketones (excluding diaryl/α,β-unsaturated/α-hetero) is 1. The van der Waals surface area contributed by atoms with Crippen LogP contribution in [0, 0.1) is 18.6 Å². The second-order valence-electron chi connectivity index (χ2n) is 2.91. The summed E-state index contributed by atoms with van der Waals surface area (Å²) in [6.07, 6.45) is 1.71. The number of rotatable bonds is 3. The molecule has 0 atom stereocenters. The maximum atomic E-state index is 13.4. The number of hydrogen-bond donors (Lipinski definition) is 0. The largest absolute Gasteiger partial charge is 0.293 e. The highest BCUT2D eigenvalue weighted by molar-refractivity contribution is 7.99. The van der Waals surface area contributed by atoms with Crippen molar-refractivity contribution in [3.63, 3.8) is 0 Å². The normalized spacial score (nSPS) is 10.3. The van der Waals surface area contributed by atoms with E-state index in [0.717, 1.165) is 6.07 Å². The van der Waals surface area contributed by atoms with Crippen LogP contribution in [0.25, 0.3) is 0 Å². The number of hydrogen-bond acceptors (Lipinski definition) is 2. The molecule has 0 aliphatic carbocycles. The second-order valence-corrected chi connectivity index (χ2v) is 3.78. The zero-order valence-electron chi connectivity index (χ0n) is 7.93. The summed E-state index contributed by atoms with van der Waals surface area (Å²) in [7, 11) is 0. The molecule has 1 rings (SSSR count). The fourth-order valence-corrected chi connectivity index (χ4v) is 1.52. The summed E-state index contributed by atoms with van der Waals surface area (Å²) < 4.78 is 26.5. The molecule has 0 unspecified atom stereocenters. The number of aryl methyl sites for hydroxylation is 1. The third-order valence-corrected chi connectivity index (χ3v) is 2.39. The monoisotopic (exact) mass is 216 g/mol. The van der Waals surface area contributed by atoms with Gasteiger partial charge in [-0.3, -0.25) is 4.79 Å². The molecule has 0 N–H and O–H groups in total. The van der Waals surface area contributed by atoms with Gasteiger partial charge in [0.25, 0.3) is 0 Å². The van der Waals surface area contributed by atoms with Crippen LogP contribution in [-0.2, 0) is 0 Å². The van der Waals surface area contributed by atoms with Crippen LogP contribution in [0.2, 0.25) is 0 Å². The maximum absolute atomic E-state index is 13.4. The van der Waals surface area contributed by atoms with Crippen molar-refractivity contribution in [3.05, 3.63) is 34.9 Å². The van der Waals surface area contributed by atoms with Gasteiger partial charge in [0, 0.05) is 0 Å². The Labute approximate surface area is 85.5 Å². The molecule has 0 aromatic heterocycles. The lowest BCUT2D eigenvalue weighted by molar-refractivity contribution is 0.101. The fourth-order valence-electron chi connectivity index (χ4n) is 1.12. The second kappa shape index (κ2) is 4.55. The molecule has 4 heteroatoms. The predicted molar refractivity (Wildman–Crippen MR) is 53.8 cm³/mol. The predicted octanol–water partition coefficient (Wildman–Crippen LogP) is 2.82. The van der Waals surface area contributed by atoms with E-state index in [1.165, 1.54) is 24.8 Å². The van der Waals surface area contributed by atoms with Crippen LogP contribution in [0.15, 0.2) is 12.1 Å². The maximum Gasteiger partial charge on any atom is 0.178 e. The van der Waals surface area contributed by atoms with Gasteiger partial charge in [-0.2, -0.15) is 11.8 Å². The minimum Gasteiger partial charge on any atom is -0.293 e. The molecule has 0 spiro atoms. The Morgan fingerprint density at radius 2 is 2.07 bits per heavy atom. The van der Waals surface area contributed by atoms with Crippen LogP contribution >= 0.6 is 11.8 Å². The summed E-state index contributed by atoms with van der Waals surface area (Å²) in [6.45, 7) is 1.50. The molecular weight excluding hydrogens is 206 g/mol. The molecule has 0 heterocycles. The van der Waals surface area contributed by atoms with E-state index in [4.69, 9.17) is 0 Å².